The van der Waals surface area contributed by atoms with E-state index >= 15 is 0 Å². The van der Waals surface area contributed by atoms with Crippen LogP contribution in [-0.2, 0) is 0 Å². The van der Waals surface area contributed by atoms with Crippen molar-refractivity contribution < 1.29 is 5.21 Å². The molecule has 0 spiro atoms. The highest BCUT2D eigenvalue weighted by Gasteiger charge is 2.03. The van der Waals surface area contributed by atoms with Crippen LogP contribution in [0.4, 0.5) is 0 Å². The molecule has 0 saturated heterocycles. The number of hydrogen-bond acceptors (Lipinski definition) is 2. The number of nitrogens with one attached hydrogen (secondary N) is 1. The third-order valence-corrected chi connectivity index (χ3v) is 0.335. The van der Waals surface area contributed by atoms with E-state index in [1.165, 1.54) is 0 Å². The summed E-state index contributed by atoms with van der Waals surface area (Å²) in [6.45, 7) is 5.65. The summed E-state index contributed by atoms with van der Waals surface area (Å²) in [4.78, 5) is 0. The van der Waals surface area contributed by atoms with Crippen LogP contribution in [0.25, 0.3) is 0 Å². The molecule has 7 heavy (non-hydrogen) atoms. The fourth-order valence-corrected chi connectivity index (χ4v) is 0. The number of halogens is 1. The van der Waals surface area contributed by atoms with Crippen molar-refractivity contribution >= 4 is 12.4 Å². The standard InChI is InChI=1S/C4H11NO.ClH/c1-4(2,3)5-6;/h5-6H,1-3H3;1H. The van der Waals surface area contributed by atoms with Crippen molar-refractivity contribution in [3.8, 4) is 0 Å². The van der Waals surface area contributed by atoms with Gasteiger partial charge < -0.3 is 5.21 Å². The van der Waals surface area contributed by atoms with Crippen LogP contribution in [0, 0.1) is 0 Å². The van der Waals surface area contributed by atoms with Crippen molar-refractivity contribution in [3.05, 3.63) is 0 Å². The van der Waals surface area contributed by atoms with Crippen LogP contribution in [0.3, 0.4) is 0 Å². The lowest BCUT2D eigenvalue weighted by Gasteiger charge is -2.13. The average Bonchev–Trinajstić information content (AvgIpc) is 1.35. The van der Waals surface area contributed by atoms with Crippen molar-refractivity contribution in [2.24, 2.45) is 0 Å². The lowest BCUT2D eigenvalue weighted by atomic mass is 10.1. The summed E-state index contributed by atoms with van der Waals surface area (Å²) < 4.78 is 0. The smallest absolute Gasteiger partial charge is 0.0345 e. The maximum atomic E-state index is 8.15. The Hall–Kier alpha value is 0.210. The first-order valence-corrected chi connectivity index (χ1v) is 1.97. The summed E-state index contributed by atoms with van der Waals surface area (Å²) in [5.41, 5.74) is 1.95. The fraction of sp³-hybridized carbons (Fsp3) is 1.00. The Morgan fingerprint density at radius 1 is 1.29 bits per heavy atom. The summed E-state index contributed by atoms with van der Waals surface area (Å²) >= 11 is 0. The first kappa shape index (κ1) is 10.2. The van der Waals surface area contributed by atoms with Crippen molar-refractivity contribution in [3.63, 3.8) is 0 Å². The van der Waals surface area contributed by atoms with Gasteiger partial charge in [-0.1, -0.05) is 0 Å². The minimum absolute atomic E-state index is 0. The molecule has 0 aliphatic heterocycles. The normalized spacial score (nSPS) is 10.3. The molecule has 0 amide bonds. The monoisotopic (exact) mass is 125 g/mol. The van der Waals surface area contributed by atoms with Gasteiger partial charge in [-0.2, -0.15) is 0 Å². The van der Waals surface area contributed by atoms with Gasteiger partial charge in [0.2, 0.25) is 0 Å². The van der Waals surface area contributed by atoms with Gasteiger partial charge in [0.25, 0.3) is 0 Å². The quantitative estimate of drug-likeness (QED) is 0.477. The van der Waals surface area contributed by atoms with Crippen molar-refractivity contribution in [1.29, 1.82) is 0 Å². The van der Waals surface area contributed by atoms with Crippen molar-refractivity contribution in [2.45, 2.75) is 26.3 Å². The zero-order valence-corrected chi connectivity index (χ0v) is 5.67. The molecule has 3 heteroatoms. The number of hydrogen-bond donors (Lipinski definition) is 2. The summed E-state index contributed by atoms with van der Waals surface area (Å²) in [7, 11) is 0. The maximum Gasteiger partial charge on any atom is 0.0345 e. The highest BCUT2D eigenvalue weighted by atomic mass is 35.5. The van der Waals surface area contributed by atoms with Gasteiger partial charge in [0.1, 0.15) is 0 Å². The fourth-order valence-electron chi connectivity index (χ4n) is 0. The summed E-state index contributed by atoms with van der Waals surface area (Å²) in [6, 6.07) is 0. The van der Waals surface area contributed by atoms with Gasteiger partial charge in [-0.3, -0.25) is 0 Å². The third kappa shape index (κ3) is 10.7. The minimum atomic E-state index is -0.153. The second kappa shape index (κ2) is 3.24. The Labute approximate surface area is 50.3 Å². The second-order valence-corrected chi connectivity index (χ2v) is 2.36. The maximum absolute atomic E-state index is 8.15. The van der Waals surface area contributed by atoms with E-state index in [0.717, 1.165) is 0 Å². The molecule has 0 atom stereocenters. The average molecular weight is 126 g/mol. The lowest BCUT2D eigenvalue weighted by molar-refractivity contribution is 0.0918. The molecule has 0 aromatic carbocycles. The molecule has 0 rings (SSSR count). The van der Waals surface area contributed by atoms with Gasteiger partial charge >= 0.3 is 0 Å². The molecule has 0 aromatic rings. The van der Waals surface area contributed by atoms with E-state index in [1.54, 1.807) is 0 Å². The van der Waals surface area contributed by atoms with Gasteiger partial charge in [-0.25, -0.2) is 5.48 Å². The highest BCUT2D eigenvalue weighted by molar-refractivity contribution is 5.85. The van der Waals surface area contributed by atoms with Crippen LogP contribution in [-0.4, -0.2) is 10.7 Å². The minimum Gasteiger partial charge on any atom is -0.316 e. The molecule has 0 aliphatic rings. The van der Waals surface area contributed by atoms with Crippen LogP contribution in [0.2, 0.25) is 0 Å². The largest absolute Gasteiger partial charge is 0.316 e. The summed E-state index contributed by atoms with van der Waals surface area (Å²) in [5, 5.41) is 8.15. The molecule has 0 aromatic heterocycles. The number of hydroxylamine groups is 1. The van der Waals surface area contributed by atoms with Crippen LogP contribution >= 0.6 is 12.4 Å². The molecule has 0 radical (unpaired) electrons. The number of rotatable bonds is 0. The molecule has 0 heterocycles. The van der Waals surface area contributed by atoms with E-state index < -0.39 is 0 Å². The van der Waals surface area contributed by atoms with E-state index in [4.69, 9.17) is 5.21 Å². The van der Waals surface area contributed by atoms with Crippen LogP contribution in [0.5, 0.6) is 0 Å². The van der Waals surface area contributed by atoms with Crippen LogP contribution in [0.15, 0.2) is 0 Å². The zero-order chi connectivity index (χ0) is 5.21. The van der Waals surface area contributed by atoms with Crippen LogP contribution < -0.4 is 5.48 Å². The Balaban J connectivity index is 0. The zero-order valence-electron chi connectivity index (χ0n) is 4.86. The van der Waals surface area contributed by atoms with Crippen molar-refractivity contribution in [2.75, 3.05) is 0 Å². The van der Waals surface area contributed by atoms with E-state index in [1.807, 2.05) is 20.8 Å². The Kier molecular flexibility index (Phi) is 4.75. The van der Waals surface area contributed by atoms with Gasteiger partial charge in [0.15, 0.2) is 0 Å². The second-order valence-electron chi connectivity index (χ2n) is 2.36. The molecule has 0 unspecified atom stereocenters. The predicted molar refractivity (Wildman–Crippen MR) is 31.9 cm³/mol. The van der Waals surface area contributed by atoms with Gasteiger partial charge in [0.05, 0.1) is 0 Å². The molecule has 0 fully saturated rings. The lowest BCUT2D eigenvalue weighted by Crippen LogP contribution is -2.32. The van der Waals surface area contributed by atoms with Gasteiger partial charge in [-0.05, 0) is 20.8 Å². The SMILES string of the molecule is CC(C)(C)NO.Cl. The molecule has 0 saturated carbocycles. The van der Waals surface area contributed by atoms with E-state index in [9.17, 15) is 0 Å². The van der Waals surface area contributed by atoms with E-state index in [0.29, 0.717) is 0 Å². The topological polar surface area (TPSA) is 32.3 Å². The Morgan fingerprint density at radius 2 is 1.43 bits per heavy atom. The molecule has 0 aliphatic carbocycles. The van der Waals surface area contributed by atoms with Crippen LogP contribution in [0.1, 0.15) is 20.8 Å². The first-order chi connectivity index (χ1) is 2.56. The third-order valence-electron chi connectivity index (χ3n) is 0.335. The van der Waals surface area contributed by atoms with Gasteiger partial charge in [0, 0.05) is 5.54 Å². The van der Waals surface area contributed by atoms with Crippen molar-refractivity contribution in [1.82, 2.24) is 5.48 Å². The van der Waals surface area contributed by atoms with Gasteiger partial charge in [-0.15, -0.1) is 12.4 Å². The molecular formula is C4H12ClNO. The highest BCUT2D eigenvalue weighted by Crippen LogP contribution is 1.93. The van der Waals surface area contributed by atoms with E-state index in [2.05, 4.69) is 5.48 Å². The summed E-state index contributed by atoms with van der Waals surface area (Å²) in [5.74, 6) is 0. The predicted octanol–water partition coefficient (Wildman–Crippen LogP) is 1.19. The molecule has 46 valence electrons. The first-order valence-electron chi connectivity index (χ1n) is 1.97. The molecular weight excluding hydrogens is 114 g/mol. The Bertz CT molecular complexity index is 41.4. The molecule has 2 N–H and O–H groups in total. The van der Waals surface area contributed by atoms with E-state index in [-0.39, 0.29) is 17.9 Å². The summed E-state index contributed by atoms with van der Waals surface area (Å²) in [6.07, 6.45) is 0. The molecule has 0 bridgehead atoms. The molecule has 2 nitrogen and oxygen atoms in total. The Morgan fingerprint density at radius 3 is 1.43 bits per heavy atom.